The quantitative estimate of drug-likeness (QED) is 0.726. The Kier molecular flexibility index (Phi) is 3.13. The molecule has 1 aromatic heterocycles. The molecule has 0 spiro atoms. The number of rotatable bonds is 3. The van der Waals surface area contributed by atoms with E-state index < -0.39 is 11.6 Å². The van der Waals surface area contributed by atoms with Gasteiger partial charge in [-0.1, -0.05) is 0 Å². The second-order valence-electron chi connectivity index (χ2n) is 5.17. The van der Waals surface area contributed by atoms with E-state index in [1.807, 2.05) is 44.2 Å². The number of benzene rings is 1. The Balaban J connectivity index is 2.33. The second kappa shape index (κ2) is 4.46. The molecule has 96 valence electrons. The van der Waals surface area contributed by atoms with Crippen molar-refractivity contribution in [3.63, 3.8) is 0 Å². The van der Waals surface area contributed by atoms with Gasteiger partial charge >= 0.3 is 0 Å². The average Bonchev–Trinajstić information content (AvgIpc) is 2.28. The lowest BCUT2D eigenvalue weighted by Crippen LogP contribution is -2.42. The Labute approximate surface area is 107 Å². The third kappa shape index (κ3) is 2.54. The molecule has 1 unspecified atom stereocenters. The number of nitrogens with one attached hydrogen (secondary N) is 1. The van der Waals surface area contributed by atoms with Gasteiger partial charge in [-0.05, 0) is 51.1 Å². The van der Waals surface area contributed by atoms with Crippen molar-refractivity contribution < 1.29 is 5.11 Å². The minimum atomic E-state index is -0.471. The Bertz CT molecular complexity index is 564. The highest BCUT2D eigenvalue weighted by molar-refractivity contribution is 5.83. The molecule has 0 amide bonds. The number of nitrogen functional groups attached to an aromatic ring is 1. The molecule has 0 fully saturated rings. The van der Waals surface area contributed by atoms with Crippen molar-refractivity contribution in [1.82, 2.24) is 4.98 Å². The molecular weight excluding hydrogens is 226 g/mol. The van der Waals surface area contributed by atoms with Gasteiger partial charge in [-0.2, -0.15) is 0 Å². The first kappa shape index (κ1) is 12.6. The molecule has 4 heteroatoms. The molecule has 0 bridgehead atoms. The fraction of sp³-hybridized carbons (Fsp3) is 0.357. The van der Waals surface area contributed by atoms with Crippen molar-refractivity contribution in [3.8, 4) is 0 Å². The second-order valence-corrected chi connectivity index (χ2v) is 5.17. The molecule has 0 radical (unpaired) electrons. The SMILES string of the molecule is CC(O)C(C)(C)Nc1ccc2cc(N)ccc2n1. The van der Waals surface area contributed by atoms with Crippen LogP contribution in [0, 0.1) is 0 Å². The van der Waals surface area contributed by atoms with Crippen LogP contribution in [0.4, 0.5) is 11.5 Å². The molecule has 0 aliphatic rings. The number of hydrogen-bond donors (Lipinski definition) is 3. The summed E-state index contributed by atoms with van der Waals surface area (Å²) in [7, 11) is 0. The first-order valence-corrected chi connectivity index (χ1v) is 6.01. The highest BCUT2D eigenvalue weighted by Crippen LogP contribution is 2.21. The molecule has 4 N–H and O–H groups in total. The lowest BCUT2D eigenvalue weighted by Gasteiger charge is -2.30. The highest BCUT2D eigenvalue weighted by atomic mass is 16.3. The third-order valence-electron chi connectivity index (χ3n) is 3.21. The van der Waals surface area contributed by atoms with E-state index in [9.17, 15) is 5.11 Å². The molecule has 1 aromatic carbocycles. The molecule has 0 aliphatic carbocycles. The molecule has 2 rings (SSSR count). The topological polar surface area (TPSA) is 71.2 Å². The van der Waals surface area contributed by atoms with E-state index in [-0.39, 0.29) is 0 Å². The minimum absolute atomic E-state index is 0.422. The van der Waals surface area contributed by atoms with E-state index in [2.05, 4.69) is 10.3 Å². The van der Waals surface area contributed by atoms with Crippen molar-refractivity contribution in [2.45, 2.75) is 32.4 Å². The first-order chi connectivity index (χ1) is 8.38. The van der Waals surface area contributed by atoms with Crippen LogP contribution in [0.3, 0.4) is 0 Å². The molecular formula is C14H19N3O. The van der Waals surface area contributed by atoms with Gasteiger partial charge in [-0.3, -0.25) is 0 Å². The van der Waals surface area contributed by atoms with Gasteiger partial charge < -0.3 is 16.2 Å². The fourth-order valence-corrected chi connectivity index (χ4v) is 1.65. The van der Waals surface area contributed by atoms with Crippen LogP contribution in [-0.4, -0.2) is 21.7 Å². The van der Waals surface area contributed by atoms with Crippen molar-refractivity contribution in [2.75, 3.05) is 11.1 Å². The van der Waals surface area contributed by atoms with Gasteiger partial charge in [0.25, 0.3) is 0 Å². The van der Waals surface area contributed by atoms with Gasteiger partial charge in [0.15, 0.2) is 0 Å². The van der Waals surface area contributed by atoms with Crippen LogP contribution in [0.25, 0.3) is 10.9 Å². The normalized spacial score (nSPS) is 13.6. The maximum Gasteiger partial charge on any atom is 0.127 e. The molecule has 4 nitrogen and oxygen atoms in total. The molecule has 0 aliphatic heterocycles. The maximum absolute atomic E-state index is 9.68. The Morgan fingerprint density at radius 2 is 2.00 bits per heavy atom. The smallest absolute Gasteiger partial charge is 0.127 e. The van der Waals surface area contributed by atoms with Gasteiger partial charge in [0.05, 0.1) is 17.2 Å². The van der Waals surface area contributed by atoms with Crippen LogP contribution in [0.15, 0.2) is 30.3 Å². The van der Waals surface area contributed by atoms with Crippen LogP contribution in [0.2, 0.25) is 0 Å². The van der Waals surface area contributed by atoms with E-state index in [1.165, 1.54) is 0 Å². The largest absolute Gasteiger partial charge is 0.399 e. The Morgan fingerprint density at radius 1 is 1.28 bits per heavy atom. The first-order valence-electron chi connectivity index (χ1n) is 6.01. The van der Waals surface area contributed by atoms with E-state index in [4.69, 9.17) is 5.73 Å². The summed E-state index contributed by atoms with van der Waals surface area (Å²) in [5.74, 6) is 0.748. The van der Waals surface area contributed by atoms with Gasteiger partial charge in [-0.25, -0.2) is 4.98 Å². The fourth-order valence-electron chi connectivity index (χ4n) is 1.65. The highest BCUT2D eigenvalue weighted by Gasteiger charge is 2.23. The number of aliphatic hydroxyl groups is 1. The molecule has 1 atom stereocenters. The van der Waals surface area contributed by atoms with Gasteiger partial charge in [-0.15, -0.1) is 0 Å². The lowest BCUT2D eigenvalue weighted by molar-refractivity contribution is 0.133. The van der Waals surface area contributed by atoms with Gasteiger partial charge in [0, 0.05) is 11.1 Å². The molecule has 0 saturated heterocycles. The summed E-state index contributed by atoms with van der Waals surface area (Å²) in [5, 5.41) is 13.9. The summed E-state index contributed by atoms with van der Waals surface area (Å²) in [5.41, 5.74) is 6.92. The van der Waals surface area contributed by atoms with Crippen LogP contribution < -0.4 is 11.1 Å². The minimum Gasteiger partial charge on any atom is -0.399 e. The summed E-state index contributed by atoms with van der Waals surface area (Å²) >= 11 is 0. The van der Waals surface area contributed by atoms with Crippen LogP contribution in [0.1, 0.15) is 20.8 Å². The lowest BCUT2D eigenvalue weighted by atomic mass is 9.99. The molecule has 1 heterocycles. The van der Waals surface area contributed by atoms with E-state index in [0.29, 0.717) is 0 Å². The van der Waals surface area contributed by atoms with Crippen molar-refractivity contribution in [2.24, 2.45) is 0 Å². The Morgan fingerprint density at radius 3 is 2.67 bits per heavy atom. The van der Waals surface area contributed by atoms with Gasteiger partial charge in [0.1, 0.15) is 5.82 Å². The van der Waals surface area contributed by atoms with E-state index in [0.717, 1.165) is 22.4 Å². The van der Waals surface area contributed by atoms with Gasteiger partial charge in [0.2, 0.25) is 0 Å². The number of nitrogens with zero attached hydrogens (tertiary/aromatic N) is 1. The number of fused-ring (bicyclic) bond motifs is 1. The zero-order chi connectivity index (χ0) is 13.3. The predicted octanol–water partition coefficient (Wildman–Crippen LogP) is 2.39. The maximum atomic E-state index is 9.68. The standard InChI is InChI=1S/C14H19N3O/c1-9(18)14(2,3)17-13-7-4-10-8-11(15)5-6-12(10)16-13/h4-9,18H,15H2,1-3H3,(H,16,17). The summed E-state index contributed by atoms with van der Waals surface area (Å²) in [6.45, 7) is 5.63. The third-order valence-corrected chi connectivity index (χ3v) is 3.21. The number of nitrogens with two attached hydrogens (primary N) is 1. The molecule has 18 heavy (non-hydrogen) atoms. The number of pyridine rings is 1. The summed E-state index contributed by atoms with van der Waals surface area (Å²) < 4.78 is 0. The molecule has 2 aromatic rings. The van der Waals surface area contributed by atoms with Crippen LogP contribution in [-0.2, 0) is 0 Å². The summed E-state index contributed by atoms with van der Waals surface area (Å²) in [6.07, 6.45) is -0.471. The number of hydrogen-bond acceptors (Lipinski definition) is 4. The number of anilines is 2. The van der Waals surface area contributed by atoms with E-state index >= 15 is 0 Å². The zero-order valence-electron chi connectivity index (χ0n) is 10.9. The number of aromatic nitrogens is 1. The van der Waals surface area contributed by atoms with E-state index in [1.54, 1.807) is 6.92 Å². The monoisotopic (exact) mass is 245 g/mol. The summed E-state index contributed by atoms with van der Waals surface area (Å²) in [4.78, 5) is 4.51. The van der Waals surface area contributed by atoms with Crippen LogP contribution in [0.5, 0.6) is 0 Å². The Hall–Kier alpha value is -1.81. The van der Waals surface area contributed by atoms with Crippen molar-refractivity contribution in [3.05, 3.63) is 30.3 Å². The average molecular weight is 245 g/mol. The zero-order valence-corrected chi connectivity index (χ0v) is 10.9. The summed E-state index contributed by atoms with van der Waals surface area (Å²) in [6, 6.07) is 9.49. The molecule has 0 saturated carbocycles. The predicted molar refractivity (Wildman–Crippen MR) is 75.5 cm³/mol. The van der Waals surface area contributed by atoms with Crippen LogP contribution >= 0.6 is 0 Å². The number of aliphatic hydroxyl groups excluding tert-OH is 1. The van der Waals surface area contributed by atoms with Crippen molar-refractivity contribution >= 4 is 22.4 Å². The van der Waals surface area contributed by atoms with Crippen molar-refractivity contribution in [1.29, 1.82) is 0 Å².